The third-order valence-electron chi connectivity index (χ3n) is 19.8. The molecule has 0 saturated carbocycles. The van der Waals surface area contributed by atoms with Gasteiger partial charge < -0.3 is 20.3 Å². The van der Waals surface area contributed by atoms with Gasteiger partial charge in [-0.15, -0.1) is 0 Å². The molecule has 6 heteroatoms. The van der Waals surface area contributed by atoms with Crippen LogP contribution >= 0.6 is 0 Å². The molecule has 530 valence electrons. The first-order chi connectivity index (χ1) is 44.0. The number of esters is 1. The van der Waals surface area contributed by atoms with Crippen molar-refractivity contribution >= 4 is 11.9 Å². The van der Waals surface area contributed by atoms with Crippen LogP contribution in [0.4, 0.5) is 0 Å². The second kappa shape index (κ2) is 79.0. The lowest BCUT2D eigenvalue weighted by molar-refractivity contribution is -0.143. The van der Waals surface area contributed by atoms with E-state index in [1.165, 1.54) is 405 Å². The van der Waals surface area contributed by atoms with E-state index in [-0.39, 0.29) is 18.5 Å². The molecule has 6 nitrogen and oxygen atoms in total. The van der Waals surface area contributed by atoms with Gasteiger partial charge in [-0.2, -0.15) is 0 Å². The molecule has 0 fully saturated rings. The van der Waals surface area contributed by atoms with Gasteiger partial charge in [0.15, 0.2) is 0 Å². The van der Waals surface area contributed by atoms with Gasteiger partial charge in [-0.1, -0.05) is 431 Å². The van der Waals surface area contributed by atoms with Gasteiger partial charge in [0.1, 0.15) is 0 Å². The first-order valence-electron chi connectivity index (χ1n) is 41.4. The Morgan fingerprint density at radius 1 is 0.303 bits per heavy atom. The molecule has 0 radical (unpaired) electrons. The summed E-state index contributed by atoms with van der Waals surface area (Å²) in [5.74, 6) is -0.00680. The Morgan fingerprint density at radius 2 is 0.528 bits per heavy atom. The highest BCUT2D eigenvalue weighted by atomic mass is 16.5. The number of allylic oxidation sites excluding steroid dienone is 2. The zero-order chi connectivity index (χ0) is 64.2. The Labute approximate surface area is 559 Å². The number of unbranched alkanes of at least 4 members (excludes halogenated alkanes) is 66. The highest BCUT2D eigenvalue weighted by molar-refractivity contribution is 5.76. The van der Waals surface area contributed by atoms with E-state index >= 15 is 0 Å². The van der Waals surface area contributed by atoms with Crippen molar-refractivity contribution in [3.8, 4) is 0 Å². The zero-order valence-electron chi connectivity index (χ0n) is 61.0. The van der Waals surface area contributed by atoms with E-state index in [9.17, 15) is 19.8 Å². The number of carbonyl (C=O) groups excluding carboxylic acids is 2. The SMILES string of the molecule is CCCCCCC/C=C\CCCCCCCC(=O)OCCCCCCCCCCCCCCCCCCCCCCCCCCCCCCCCCCCCCCCCCC(=O)NC(CO)C(O)CCCCCCCCCCCCCCCCCCCCC. The van der Waals surface area contributed by atoms with Gasteiger partial charge in [-0.3, -0.25) is 9.59 Å². The largest absolute Gasteiger partial charge is 0.466 e. The Hall–Kier alpha value is -1.40. The molecule has 89 heavy (non-hydrogen) atoms. The van der Waals surface area contributed by atoms with Crippen LogP contribution < -0.4 is 5.32 Å². The van der Waals surface area contributed by atoms with Gasteiger partial charge in [-0.25, -0.2) is 0 Å². The van der Waals surface area contributed by atoms with Crippen molar-refractivity contribution < 1.29 is 24.5 Å². The van der Waals surface area contributed by atoms with Crippen LogP contribution in [-0.2, 0) is 14.3 Å². The summed E-state index contributed by atoms with van der Waals surface area (Å²) < 4.78 is 5.50. The standard InChI is InChI=1S/C83H163NO5/c1-3-5-7-9-11-13-15-17-19-20-42-45-48-51-55-59-63-67-71-75-81(86)80(79-85)84-82(87)76-72-68-64-60-56-52-49-46-43-40-38-36-34-32-30-28-26-24-22-21-23-25-27-29-31-33-35-37-39-41-44-47-50-54-58-62-66-70-74-78-89-83(88)77-73-69-65-61-57-53-18-16-14-12-10-8-6-4-2/h16,18,80-81,85-86H,3-15,17,19-79H2,1-2H3,(H,84,87)/b18-16-. The van der Waals surface area contributed by atoms with Crippen LogP contribution in [0.1, 0.15) is 483 Å². The van der Waals surface area contributed by atoms with E-state index in [0.717, 1.165) is 44.9 Å². The first-order valence-corrected chi connectivity index (χ1v) is 41.4. The normalized spacial score (nSPS) is 12.4. The van der Waals surface area contributed by atoms with E-state index in [0.29, 0.717) is 25.9 Å². The molecule has 0 aromatic heterocycles. The summed E-state index contributed by atoms with van der Waals surface area (Å²) in [6, 6.07) is -0.537. The number of carbonyl (C=O) groups is 2. The number of ether oxygens (including phenoxy) is 1. The molecule has 1 amide bonds. The molecule has 0 spiro atoms. The lowest BCUT2D eigenvalue weighted by Gasteiger charge is -2.22. The van der Waals surface area contributed by atoms with Crippen LogP contribution in [0.3, 0.4) is 0 Å². The fraction of sp³-hybridized carbons (Fsp3) is 0.952. The molecule has 0 aliphatic heterocycles. The smallest absolute Gasteiger partial charge is 0.305 e. The molecular weight excluding hydrogens is 1090 g/mol. The maximum atomic E-state index is 12.6. The number of aliphatic hydroxyl groups is 2. The number of hydrogen-bond acceptors (Lipinski definition) is 5. The van der Waals surface area contributed by atoms with E-state index in [1.807, 2.05) is 0 Å². The lowest BCUT2D eigenvalue weighted by atomic mass is 10.0. The van der Waals surface area contributed by atoms with E-state index in [4.69, 9.17) is 4.74 Å². The maximum Gasteiger partial charge on any atom is 0.305 e. The van der Waals surface area contributed by atoms with Crippen molar-refractivity contribution in [2.75, 3.05) is 13.2 Å². The van der Waals surface area contributed by atoms with Crippen molar-refractivity contribution in [2.24, 2.45) is 0 Å². The average Bonchev–Trinajstić information content (AvgIpc) is 3.63. The zero-order valence-corrected chi connectivity index (χ0v) is 61.0. The highest BCUT2D eigenvalue weighted by Crippen LogP contribution is 2.21. The van der Waals surface area contributed by atoms with Gasteiger partial charge >= 0.3 is 5.97 Å². The molecule has 3 N–H and O–H groups in total. The minimum atomic E-state index is -0.660. The fourth-order valence-electron chi connectivity index (χ4n) is 13.5. The maximum absolute atomic E-state index is 12.6. The van der Waals surface area contributed by atoms with Gasteiger partial charge in [0.2, 0.25) is 5.91 Å². The molecule has 2 unspecified atom stereocenters. The monoisotopic (exact) mass is 1250 g/mol. The number of amides is 1. The van der Waals surface area contributed by atoms with Crippen LogP contribution in [0.5, 0.6) is 0 Å². The third-order valence-corrected chi connectivity index (χ3v) is 19.8. The number of hydrogen-bond donors (Lipinski definition) is 3. The molecule has 0 aliphatic rings. The van der Waals surface area contributed by atoms with Crippen molar-refractivity contribution in [3.05, 3.63) is 12.2 Å². The summed E-state index contributed by atoms with van der Waals surface area (Å²) in [5, 5.41) is 23.4. The summed E-state index contributed by atoms with van der Waals surface area (Å²) in [5.41, 5.74) is 0. The quantitative estimate of drug-likeness (QED) is 0.0320. The molecule has 0 heterocycles. The van der Waals surface area contributed by atoms with E-state index < -0.39 is 12.1 Å². The summed E-state index contributed by atoms with van der Waals surface area (Å²) >= 11 is 0. The molecule has 0 saturated heterocycles. The van der Waals surface area contributed by atoms with E-state index in [1.54, 1.807) is 0 Å². The van der Waals surface area contributed by atoms with Crippen molar-refractivity contribution in [3.63, 3.8) is 0 Å². The number of aliphatic hydroxyl groups excluding tert-OH is 2. The van der Waals surface area contributed by atoms with Gasteiger partial charge in [-0.05, 0) is 51.4 Å². The predicted molar refractivity (Wildman–Crippen MR) is 394 cm³/mol. The first kappa shape index (κ1) is 87.6. The molecular formula is C83H163NO5. The average molecular weight is 1260 g/mol. The fourth-order valence-corrected chi connectivity index (χ4v) is 13.5. The van der Waals surface area contributed by atoms with Crippen molar-refractivity contribution in [1.29, 1.82) is 0 Å². The minimum absolute atomic E-state index is 0.0166. The number of rotatable bonds is 79. The summed E-state index contributed by atoms with van der Waals surface area (Å²) in [4.78, 5) is 24.6. The van der Waals surface area contributed by atoms with E-state index in [2.05, 4.69) is 31.3 Å². The molecule has 0 aromatic carbocycles. The minimum Gasteiger partial charge on any atom is -0.466 e. The molecule has 0 bridgehead atoms. The lowest BCUT2D eigenvalue weighted by Crippen LogP contribution is -2.45. The third kappa shape index (κ3) is 75.5. The number of nitrogens with one attached hydrogen (secondary N) is 1. The Bertz CT molecular complexity index is 1350. The topological polar surface area (TPSA) is 95.9 Å². The molecule has 0 aliphatic carbocycles. The van der Waals surface area contributed by atoms with Crippen LogP contribution in [0.15, 0.2) is 12.2 Å². The van der Waals surface area contributed by atoms with Crippen LogP contribution in [0.25, 0.3) is 0 Å². The van der Waals surface area contributed by atoms with Crippen LogP contribution in [0.2, 0.25) is 0 Å². The van der Waals surface area contributed by atoms with Gasteiger partial charge in [0.25, 0.3) is 0 Å². The highest BCUT2D eigenvalue weighted by Gasteiger charge is 2.20. The second-order valence-corrected chi connectivity index (χ2v) is 28.8. The van der Waals surface area contributed by atoms with Crippen LogP contribution in [0, 0.1) is 0 Å². The van der Waals surface area contributed by atoms with Gasteiger partial charge in [0.05, 0.1) is 25.4 Å². The van der Waals surface area contributed by atoms with Gasteiger partial charge in [0, 0.05) is 12.8 Å². The Kier molecular flexibility index (Phi) is 77.8. The van der Waals surface area contributed by atoms with Crippen molar-refractivity contribution in [2.45, 2.75) is 495 Å². The Balaban J connectivity index is 3.29. The summed E-state index contributed by atoms with van der Waals surface area (Å²) in [7, 11) is 0. The predicted octanol–water partition coefficient (Wildman–Crippen LogP) is 27.4. The molecule has 0 aromatic rings. The van der Waals surface area contributed by atoms with Crippen molar-refractivity contribution in [1.82, 2.24) is 5.32 Å². The Morgan fingerprint density at radius 3 is 0.798 bits per heavy atom. The second-order valence-electron chi connectivity index (χ2n) is 28.8. The van der Waals surface area contributed by atoms with Crippen LogP contribution in [-0.4, -0.2) is 47.4 Å². The summed E-state index contributed by atoms with van der Waals surface area (Å²) in [6.07, 6.45) is 100. The molecule has 2 atom stereocenters. The molecule has 0 rings (SSSR count). The summed E-state index contributed by atoms with van der Waals surface area (Å²) in [6.45, 7) is 5.00.